The van der Waals surface area contributed by atoms with Gasteiger partial charge in [0.25, 0.3) is 0 Å². The molecule has 1 heterocycles. The lowest BCUT2D eigenvalue weighted by Crippen LogP contribution is -2.36. The number of para-hydroxylation sites is 3. The van der Waals surface area contributed by atoms with Crippen LogP contribution in [-0.4, -0.2) is 0 Å². The standard InChI is InChI=1S/C68H44N2/c1-3-21-45(22-4-1)46-41-43-48(44-42-46)70(63-39-19-35-59-65(63)51-27-9-13-31-55(51)67(59)53-29-11-7-25-49(53)50-26-8-12-30-54(50)67)64-40-20-36-60-66(64)52-28-10-14-32-56(52)68(60)57-33-15-17-37-61(57)69(47-23-5-2-6-24-47)62-38-18-16-34-58(62)68/h1-44H. The summed E-state index contributed by atoms with van der Waals surface area (Å²) in [6.45, 7) is 0. The molecule has 3 aliphatic carbocycles. The summed E-state index contributed by atoms with van der Waals surface area (Å²) in [6.07, 6.45) is 0. The molecule has 0 atom stereocenters. The highest BCUT2D eigenvalue weighted by molar-refractivity contribution is 6.05. The quantitative estimate of drug-likeness (QED) is 0.170. The van der Waals surface area contributed by atoms with E-state index in [1.165, 1.54) is 100 Å². The monoisotopic (exact) mass is 888 g/mol. The molecule has 0 unspecified atom stereocenters. The SMILES string of the molecule is c1ccc(-c2ccc(N(c3cccc4c3-c3ccccc3C43c4ccccc4-c4ccccc43)c3cccc4c3-c3ccccc3C43c4ccccc4N(c4ccccc4)c4ccccc43)cc2)cc1. The van der Waals surface area contributed by atoms with Crippen molar-refractivity contribution >= 4 is 34.1 Å². The van der Waals surface area contributed by atoms with Crippen LogP contribution in [0.1, 0.15) is 44.5 Å². The van der Waals surface area contributed by atoms with Crippen molar-refractivity contribution < 1.29 is 0 Å². The average molecular weight is 889 g/mol. The summed E-state index contributed by atoms with van der Waals surface area (Å²) in [6, 6.07) is 99.8. The Bertz CT molecular complexity index is 3810. The van der Waals surface area contributed by atoms with Gasteiger partial charge in [-0.15, -0.1) is 0 Å². The van der Waals surface area contributed by atoms with Gasteiger partial charge in [-0.1, -0.05) is 218 Å². The number of hydrogen-bond donors (Lipinski definition) is 0. The molecule has 0 N–H and O–H groups in total. The molecule has 11 aromatic rings. The van der Waals surface area contributed by atoms with Crippen molar-refractivity contribution in [3.63, 3.8) is 0 Å². The third-order valence-electron chi connectivity index (χ3n) is 15.9. The van der Waals surface area contributed by atoms with Crippen molar-refractivity contribution in [1.82, 2.24) is 0 Å². The predicted octanol–water partition coefficient (Wildman–Crippen LogP) is 17.3. The third kappa shape index (κ3) is 5.02. The summed E-state index contributed by atoms with van der Waals surface area (Å²) in [7, 11) is 0. The maximum absolute atomic E-state index is 2.59. The van der Waals surface area contributed by atoms with E-state index in [1.54, 1.807) is 0 Å². The van der Waals surface area contributed by atoms with Gasteiger partial charge in [0.2, 0.25) is 0 Å². The number of nitrogens with zero attached hydrogens (tertiary/aromatic N) is 2. The van der Waals surface area contributed by atoms with E-state index in [2.05, 4.69) is 277 Å². The molecule has 0 saturated carbocycles. The number of hydrogen-bond acceptors (Lipinski definition) is 2. The fraction of sp³-hybridized carbons (Fsp3) is 0.0294. The van der Waals surface area contributed by atoms with Gasteiger partial charge in [-0.2, -0.15) is 0 Å². The Kier molecular flexibility index (Phi) is 8.24. The first-order valence-corrected chi connectivity index (χ1v) is 24.4. The minimum Gasteiger partial charge on any atom is -0.310 e. The molecule has 0 fully saturated rings. The fourth-order valence-corrected chi connectivity index (χ4v) is 13.3. The second-order valence-electron chi connectivity index (χ2n) is 19.0. The molecule has 0 amide bonds. The highest BCUT2D eigenvalue weighted by Crippen LogP contribution is 2.68. The third-order valence-corrected chi connectivity index (χ3v) is 15.9. The van der Waals surface area contributed by atoms with E-state index < -0.39 is 10.8 Å². The zero-order valence-corrected chi connectivity index (χ0v) is 38.3. The van der Waals surface area contributed by atoms with Gasteiger partial charge in [-0.05, 0) is 126 Å². The van der Waals surface area contributed by atoms with Gasteiger partial charge in [0.1, 0.15) is 0 Å². The van der Waals surface area contributed by atoms with E-state index in [1.807, 2.05) is 0 Å². The highest BCUT2D eigenvalue weighted by Gasteiger charge is 2.54. The second-order valence-corrected chi connectivity index (χ2v) is 19.0. The van der Waals surface area contributed by atoms with Crippen LogP contribution in [0.2, 0.25) is 0 Å². The molecule has 0 aromatic heterocycles. The van der Waals surface area contributed by atoms with Gasteiger partial charge < -0.3 is 9.80 Å². The first-order valence-electron chi connectivity index (χ1n) is 24.4. The molecule has 0 radical (unpaired) electrons. The van der Waals surface area contributed by atoms with Crippen LogP contribution in [0.4, 0.5) is 34.1 Å². The minimum atomic E-state index is -0.601. The van der Waals surface area contributed by atoms with Crippen LogP contribution in [0.25, 0.3) is 44.5 Å². The Labute approximate surface area is 408 Å². The van der Waals surface area contributed by atoms with Crippen LogP contribution in [0.15, 0.2) is 267 Å². The van der Waals surface area contributed by atoms with Gasteiger partial charge >= 0.3 is 0 Å². The molecule has 326 valence electrons. The van der Waals surface area contributed by atoms with Gasteiger partial charge in [0.05, 0.1) is 33.6 Å². The second kappa shape index (κ2) is 14.8. The molecule has 4 aliphatic rings. The summed E-state index contributed by atoms with van der Waals surface area (Å²) in [5.74, 6) is 0. The zero-order valence-electron chi connectivity index (χ0n) is 38.3. The fourth-order valence-electron chi connectivity index (χ4n) is 13.3. The minimum absolute atomic E-state index is 0.479. The summed E-state index contributed by atoms with van der Waals surface area (Å²) < 4.78 is 0. The lowest BCUT2D eigenvalue weighted by atomic mass is 9.64. The van der Waals surface area contributed by atoms with Crippen molar-refractivity contribution in [2.75, 3.05) is 9.80 Å². The molecular weight excluding hydrogens is 845 g/mol. The average Bonchev–Trinajstić information content (AvgIpc) is 4.03. The van der Waals surface area contributed by atoms with Crippen LogP contribution in [-0.2, 0) is 10.8 Å². The van der Waals surface area contributed by atoms with Crippen molar-refractivity contribution in [2.45, 2.75) is 10.8 Å². The number of rotatable bonds is 5. The van der Waals surface area contributed by atoms with Crippen LogP contribution in [0, 0.1) is 0 Å². The maximum Gasteiger partial charge on any atom is 0.0755 e. The van der Waals surface area contributed by atoms with E-state index >= 15 is 0 Å². The molecule has 11 aromatic carbocycles. The Morgan fingerprint density at radius 1 is 0.257 bits per heavy atom. The maximum atomic E-state index is 2.59. The van der Waals surface area contributed by atoms with Crippen LogP contribution < -0.4 is 9.80 Å². The summed E-state index contributed by atoms with van der Waals surface area (Å²) in [5.41, 5.74) is 26.3. The molecule has 2 spiro atoms. The Morgan fingerprint density at radius 2 is 0.614 bits per heavy atom. The lowest BCUT2D eigenvalue weighted by Gasteiger charge is -2.45. The van der Waals surface area contributed by atoms with Crippen molar-refractivity contribution in [1.29, 1.82) is 0 Å². The molecule has 0 bridgehead atoms. The van der Waals surface area contributed by atoms with Gasteiger partial charge in [-0.25, -0.2) is 0 Å². The summed E-state index contributed by atoms with van der Waals surface area (Å²) in [4.78, 5) is 5.04. The van der Waals surface area contributed by atoms with Crippen LogP contribution in [0.3, 0.4) is 0 Å². The van der Waals surface area contributed by atoms with E-state index in [4.69, 9.17) is 0 Å². The topological polar surface area (TPSA) is 6.48 Å². The predicted molar refractivity (Wildman–Crippen MR) is 288 cm³/mol. The van der Waals surface area contributed by atoms with Crippen molar-refractivity contribution in [3.05, 3.63) is 311 Å². The van der Waals surface area contributed by atoms with E-state index in [0.29, 0.717) is 0 Å². The molecule has 0 saturated heterocycles. The van der Waals surface area contributed by atoms with Gasteiger partial charge in [-0.3, -0.25) is 0 Å². The highest BCUT2D eigenvalue weighted by atomic mass is 15.2. The molecule has 1 aliphatic heterocycles. The molecule has 2 nitrogen and oxygen atoms in total. The first kappa shape index (κ1) is 39.1. The Hall–Kier alpha value is -8.98. The van der Waals surface area contributed by atoms with Crippen molar-refractivity contribution in [2.24, 2.45) is 0 Å². The molecule has 15 rings (SSSR count). The summed E-state index contributed by atoms with van der Waals surface area (Å²) >= 11 is 0. The van der Waals surface area contributed by atoms with Gasteiger partial charge in [0.15, 0.2) is 0 Å². The lowest BCUT2D eigenvalue weighted by molar-refractivity contribution is 0.752. The number of fused-ring (bicyclic) bond motifs is 19. The zero-order chi connectivity index (χ0) is 46.0. The smallest absolute Gasteiger partial charge is 0.0755 e. The normalized spacial score (nSPS) is 14.2. The number of anilines is 6. The molecule has 2 heteroatoms. The van der Waals surface area contributed by atoms with E-state index in [9.17, 15) is 0 Å². The first-order chi connectivity index (χ1) is 34.8. The molecular formula is C68H44N2. The van der Waals surface area contributed by atoms with Crippen LogP contribution in [0.5, 0.6) is 0 Å². The Morgan fingerprint density at radius 3 is 1.11 bits per heavy atom. The number of benzene rings is 11. The van der Waals surface area contributed by atoms with Crippen LogP contribution >= 0.6 is 0 Å². The van der Waals surface area contributed by atoms with E-state index in [0.717, 1.165) is 22.7 Å². The Balaban J connectivity index is 1.04. The van der Waals surface area contributed by atoms with Gasteiger partial charge in [0, 0.05) is 22.5 Å². The van der Waals surface area contributed by atoms with Crippen molar-refractivity contribution in [3.8, 4) is 44.5 Å². The molecule has 70 heavy (non-hydrogen) atoms. The summed E-state index contributed by atoms with van der Waals surface area (Å²) in [5, 5.41) is 0. The largest absolute Gasteiger partial charge is 0.310 e. The van der Waals surface area contributed by atoms with E-state index in [-0.39, 0.29) is 0 Å².